The van der Waals surface area contributed by atoms with Gasteiger partial charge in [-0.05, 0) is 50.8 Å². The quantitative estimate of drug-likeness (QED) is 0.843. The van der Waals surface area contributed by atoms with Crippen molar-refractivity contribution in [3.63, 3.8) is 0 Å². The molecule has 0 radical (unpaired) electrons. The van der Waals surface area contributed by atoms with E-state index >= 15 is 0 Å². The normalized spacial score (nSPS) is 23.1. The number of aryl methyl sites for hydroxylation is 2. The lowest BCUT2D eigenvalue weighted by Crippen LogP contribution is -2.41. The number of benzene rings is 2. The second-order valence-corrected chi connectivity index (χ2v) is 7.51. The van der Waals surface area contributed by atoms with Gasteiger partial charge >= 0.3 is 0 Å². The van der Waals surface area contributed by atoms with Gasteiger partial charge in [-0.1, -0.05) is 42.0 Å². The van der Waals surface area contributed by atoms with Gasteiger partial charge in [-0.15, -0.1) is 0 Å². The van der Waals surface area contributed by atoms with Gasteiger partial charge in [0, 0.05) is 12.0 Å². The van der Waals surface area contributed by atoms with Crippen molar-refractivity contribution >= 4 is 11.5 Å². The molecule has 0 bridgehead atoms. The Morgan fingerprint density at radius 2 is 1.76 bits per heavy atom. The highest BCUT2D eigenvalue weighted by Crippen LogP contribution is 2.37. The predicted molar refractivity (Wildman–Crippen MR) is 102 cm³/mol. The van der Waals surface area contributed by atoms with Crippen molar-refractivity contribution in [2.24, 2.45) is 0 Å². The van der Waals surface area contributed by atoms with Crippen LogP contribution in [0.1, 0.15) is 41.5 Å². The van der Waals surface area contributed by atoms with E-state index in [0.717, 1.165) is 24.9 Å². The molecule has 1 unspecified atom stereocenters. The van der Waals surface area contributed by atoms with E-state index < -0.39 is 5.72 Å². The number of β-amino-alcohol motifs (C(OH)–C–C–N with tert-alkyl or cyclic N) is 1. The van der Waals surface area contributed by atoms with Crippen molar-refractivity contribution in [3.8, 4) is 0 Å². The predicted octanol–water partition coefficient (Wildman–Crippen LogP) is 3.87. The van der Waals surface area contributed by atoms with E-state index in [0.29, 0.717) is 6.54 Å². The van der Waals surface area contributed by atoms with Crippen LogP contribution in [0.25, 0.3) is 0 Å². The number of amidine groups is 1. The molecule has 2 heterocycles. The van der Waals surface area contributed by atoms with E-state index in [1.165, 1.54) is 34.6 Å². The average Bonchev–Trinajstić information content (AvgIpc) is 2.92. The molecule has 4 rings (SSSR count). The fraction of sp³-hybridized carbons (Fsp3) is 0.409. The third kappa shape index (κ3) is 2.58. The molecule has 130 valence electrons. The summed E-state index contributed by atoms with van der Waals surface area (Å²) < 4.78 is 2.24. The molecule has 2 aromatic carbocycles. The molecule has 1 N–H and O–H groups in total. The van der Waals surface area contributed by atoms with Crippen molar-refractivity contribution in [2.75, 3.05) is 18.0 Å². The van der Waals surface area contributed by atoms with Crippen LogP contribution in [0.3, 0.4) is 0 Å². The molecule has 0 fully saturated rings. The summed E-state index contributed by atoms with van der Waals surface area (Å²) in [6.45, 7) is 7.94. The van der Waals surface area contributed by atoms with Crippen LogP contribution in [0.4, 0.5) is 5.69 Å². The standard InChI is InChI=1S/C22H27N2O/c1-16-10-12-19(13-11-16)22(25)15-23(21-9-4-5-14-24(21)22)20-8-6-7-17(2)18(20)3/h6-8,10-13,25H,4-5,9,14-15H2,1-3H3/q+1. The molecule has 3 heteroatoms. The van der Waals surface area contributed by atoms with E-state index in [-0.39, 0.29) is 0 Å². The zero-order chi connectivity index (χ0) is 17.6. The fourth-order valence-corrected chi connectivity index (χ4v) is 4.21. The Balaban J connectivity index is 1.83. The molecule has 0 aliphatic carbocycles. The van der Waals surface area contributed by atoms with E-state index in [1.807, 2.05) is 0 Å². The molecule has 0 amide bonds. The maximum atomic E-state index is 11.7. The fourth-order valence-electron chi connectivity index (χ4n) is 4.21. The summed E-state index contributed by atoms with van der Waals surface area (Å²) in [5, 5.41) is 11.7. The lowest BCUT2D eigenvalue weighted by molar-refractivity contribution is -0.661. The number of hydrogen-bond donors (Lipinski definition) is 1. The summed E-state index contributed by atoms with van der Waals surface area (Å²) in [5.74, 6) is 1.27. The van der Waals surface area contributed by atoms with Gasteiger partial charge in [-0.25, -0.2) is 9.48 Å². The molecule has 2 aromatic rings. The number of nitrogens with zero attached hydrogens (tertiary/aromatic N) is 2. The van der Waals surface area contributed by atoms with E-state index in [1.54, 1.807) is 0 Å². The van der Waals surface area contributed by atoms with Crippen molar-refractivity contribution in [1.29, 1.82) is 0 Å². The van der Waals surface area contributed by atoms with Gasteiger partial charge in [0.25, 0.3) is 11.6 Å². The first-order valence-corrected chi connectivity index (χ1v) is 9.27. The van der Waals surface area contributed by atoms with Crippen molar-refractivity contribution in [1.82, 2.24) is 0 Å². The first-order valence-electron chi connectivity index (χ1n) is 9.27. The van der Waals surface area contributed by atoms with Crippen LogP contribution in [0.15, 0.2) is 42.5 Å². The van der Waals surface area contributed by atoms with Crippen LogP contribution in [0, 0.1) is 20.8 Å². The molecular formula is C22H27N2O+. The minimum absolute atomic E-state index is 0.593. The van der Waals surface area contributed by atoms with Crippen molar-refractivity contribution in [3.05, 3.63) is 64.7 Å². The summed E-state index contributed by atoms with van der Waals surface area (Å²) >= 11 is 0. The second kappa shape index (κ2) is 5.99. The molecule has 3 nitrogen and oxygen atoms in total. The van der Waals surface area contributed by atoms with Gasteiger partial charge in [-0.3, -0.25) is 0 Å². The summed E-state index contributed by atoms with van der Waals surface area (Å²) in [6, 6.07) is 14.8. The maximum absolute atomic E-state index is 11.7. The van der Waals surface area contributed by atoms with Crippen molar-refractivity contribution in [2.45, 2.75) is 45.8 Å². The van der Waals surface area contributed by atoms with Gasteiger partial charge in [0.15, 0.2) is 6.54 Å². The maximum Gasteiger partial charge on any atom is 0.271 e. The highest BCUT2D eigenvalue weighted by Gasteiger charge is 2.52. The number of hydrogen-bond acceptors (Lipinski definition) is 2. The summed E-state index contributed by atoms with van der Waals surface area (Å²) in [7, 11) is 0. The minimum atomic E-state index is -0.945. The molecule has 0 saturated carbocycles. The summed E-state index contributed by atoms with van der Waals surface area (Å²) in [5.41, 5.74) is 5.09. The smallest absolute Gasteiger partial charge is 0.271 e. The van der Waals surface area contributed by atoms with E-state index in [4.69, 9.17) is 0 Å². The van der Waals surface area contributed by atoms with Crippen LogP contribution in [0.5, 0.6) is 0 Å². The van der Waals surface area contributed by atoms with Crippen LogP contribution in [0.2, 0.25) is 0 Å². The highest BCUT2D eigenvalue weighted by atomic mass is 16.3. The van der Waals surface area contributed by atoms with Crippen LogP contribution in [-0.2, 0) is 5.72 Å². The highest BCUT2D eigenvalue weighted by molar-refractivity contribution is 5.96. The van der Waals surface area contributed by atoms with Gasteiger partial charge in [0.1, 0.15) is 5.69 Å². The van der Waals surface area contributed by atoms with Gasteiger partial charge in [-0.2, -0.15) is 0 Å². The average molecular weight is 335 g/mol. The Kier molecular flexibility index (Phi) is 3.92. The first-order chi connectivity index (χ1) is 12.0. The molecule has 25 heavy (non-hydrogen) atoms. The first kappa shape index (κ1) is 16.3. The van der Waals surface area contributed by atoms with E-state index in [9.17, 15) is 5.11 Å². The van der Waals surface area contributed by atoms with Crippen LogP contribution >= 0.6 is 0 Å². The molecule has 1 atom stereocenters. The number of aliphatic hydroxyl groups is 1. The zero-order valence-electron chi connectivity index (χ0n) is 15.4. The van der Waals surface area contributed by atoms with Gasteiger partial charge < -0.3 is 5.11 Å². The van der Waals surface area contributed by atoms with Crippen LogP contribution < -0.4 is 4.90 Å². The van der Waals surface area contributed by atoms with Crippen molar-refractivity contribution < 1.29 is 9.68 Å². The van der Waals surface area contributed by atoms with Crippen LogP contribution in [-0.4, -0.2) is 28.6 Å². The molecule has 2 aliphatic rings. The largest absolute Gasteiger partial charge is 0.346 e. The monoisotopic (exact) mass is 335 g/mol. The lowest BCUT2D eigenvalue weighted by atomic mass is 10.00. The Labute approximate surface area is 150 Å². The Hall–Kier alpha value is -2.13. The molecule has 0 saturated heterocycles. The topological polar surface area (TPSA) is 26.5 Å². The number of rotatable bonds is 2. The second-order valence-electron chi connectivity index (χ2n) is 7.51. The Morgan fingerprint density at radius 3 is 2.52 bits per heavy atom. The lowest BCUT2D eigenvalue weighted by Gasteiger charge is -2.24. The molecule has 0 aromatic heterocycles. The van der Waals surface area contributed by atoms with Gasteiger partial charge in [0.2, 0.25) is 0 Å². The molecular weight excluding hydrogens is 308 g/mol. The zero-order valence-corrected chi connectivity index (χ0v) is 15.4. The molecule has 2 aliphatic heterocycles. The van der Waals surface area contributed by atoms with Gasteiger partial charge in [0.05, 0.1) is 6.54 Å². The summed E-state index contributed by atoms with van der Waals surface area (Å²) in [4.78, 5) is 2.35. The Morgan fingerprint density at radius 1 is 1.00 bits per heavy atom. The Bertz CT molecular complexity index is 838. The molecule has 0 spiro atoms. The van der Waals surface area contributed by atoms with E-state index in [2.05, 4.69) is 72.7 Å². The third-order valence-corrected chi connectivity index (χ3v) is 5.86. The summed E-state index contributed by atoms with van der Waals surface area (Å²) in [6.07, 6.45) is 3.36. The number of anilines is 1. The third-order valence-electron chi connectivity index (χ3n) is 5.86. The SMILES string of the molecule is Cc1ccc(C2(O)CN(c3cccc(C)c3C)C3=[N+]2CCCC3)cc1. The minimum Gasteiger partial charge on any atom is -0.346 e.